The molecule has 1 amide bonds. The monoisotopic (exact) mass is 226 g/mol. The number of rotatable bonds is 4. The van der Waals surface area contributed by atoms with Crippen LogP contribution in [0.15, 0.2) is 0 Å². The Morgan fingerprint density at radius 1 is 1.44 bits per heavy atom. The van der Waals surface area contributed by atoms with Gasteiger partial charge < -0.3 is 10.1 Å². The molecule has 0 unspecified atom stereocenters. The predicted octanol–water partition coefficient (Wildman–Crippen LogP) is 0.766. The van der Waals surface area contributed by atoms with Gasteiger partial charge in [0.2, 0.25) is 5.91 Å². The van der Waals surface area contributed by atoms with E-state index in [2.05, 4.69) is 17.1 Å². The number of nitrogens with one attached hydrogen (secondary N) is 1. The molecule has 2 heterocycles. The molecule has 2 fully saturated rings. The number of carbonyl (C=O) groups excluding carboxylic acids is 1. The Bertz CT molecular complexity index is 239. The Balaban J connectivity index is 1.71. The summed E-state index contributed by atoms with van der Waals surface area (Å²) >= 11 is 0. The summed E-state index contributed by atoms with van der Waals surface area (Å²) in [6, 6.07) is 0.537. The summed E-state index contributed by atoms with van der Waals surface area (Å²) < 4.78 is 5.36. The minimum atomic E-state index is -0.184. The quantitative estimate of drug-likeness (QED) is 0.769. The lowest BCUT2D eigenvalue weighted by Crippen LogP contribution is -2.43. The van der Waals surface area contributed by atoms with E-state index < -0.39 is 0 Å². The SMILES string of the molecule is CCN1CCC[C@@H]1CNC(=O)[C@H]1CCCO1. The third kappa shape index (κ3) is 2.74. The van der Waals surface area contributed by atoms with Crippen molar-refractivity contribution in [3.63, 3.8) is 0 Å². The van der Waals surface area contributed by atoms with Crippen LogP contribution in [0.3, 0.4) is 0 Å². The molecule has 0 saturated carbocycles. The van der Waals surface area contributed by atoms with Crippen molar-refractivity contribution in [2.45, 2.75) is 44.8 Å². The van der Waals surface area contributed by atoms with Gasteiger partial charge in [-0.1, -0.05) is 6.92 Å². The number of hydrogen-bond acceptors (Lipinski definition) is 3. The van der Waals surface area contributed by atoms with Crippen LogP contribution < -0.4 is 5.32 Å². The number of likely N-dealkylation sites (tertiary alicyclic amines) is 1. The molecule has 0 aliphatic carbocycles. The van der Waals surface area contributed by atoms with Crippen molar-refractivity contribution in [3.05, 3.63) is 0 Å². The smallest absolute Gasteiger partial charge is 0.249 e. The van der Waals surface area contributed by atoms with E-state index in [9.17, 15) is 4.79 Å². The highest BCUT2D eigenvalue weighted by Crippen LogP contribution is 2.16. The summed E-state index contributed by atoms with van der Waals surface area (Å²) in [5.41, 5.74) is 0. The summed E-state index contributed by atoms with van der Waals surface area (Å²) in [7, 11) is 0. The molecular weight excluding hydrogens is 204 g/mol. The zero-order valence-electron chi connectivity index (χ0n) is 10.1. The minimum absolute atomic E-state index is 0.0838. The van der Waals surface area contributed by atoms with Gasteiger partial charge in [-0.05, 0) is 38.8 Å². The zero-order chi connectivity index (χ0) is 11.4. The summed E-state index contributed by atoms with van der Waals surface area (Å²) in [6.45, 7) is 5.97. The molecule has 4 nitrogen and oxygen atoms in total. The highest BCUT2D eigenvalue weighted by atomic mass is 16.5. The molecule has 2 atom stereocenters. The minimum Gasteiger partial charge on any atom is -0.368 e. The molecule has 16 heavy (non-hydrogen) atoms. The van der Waals surface area contributed by atoms with Crippen molar-refractivity contribution in [3.8, 4) is 0 Å². The molecule has 2 saturated heterocycles. The van der Waals surface area contributed by atoms with Crippen LogP contribution in [0, 0.1) is 0 Å². The van der Waals surface area contributed by atoms with Crippen molar-refractivity contribution in [1.29, 1.82) is 0 Å². The van der Waals surface area contributed by atoms with Gasteiger partial charge in [0.05, 0.1) is 0 Å². The number of carbonyl (C=O) groups is 1. The Hall–Kier alpha value is -0.610. The van der Waals surface area contributed by atoms with E-state index in [1.165, 1.54) is 19.4 Å². The Morgan fingerprint density at radius 3 is 3.00 bits per heavy atom. The van der Waals surface area contributed by atoms with Gasteiger partial charge in [0.25, 0.3) is 0 Å². The van der Waals surface area contributed by atoms with Crippen LogP contribution in [-0.4, -0.2) is 49.2 Å². The van der Waals surface area contributed by atoms with Crippen LogP contribution in [0.5, 0.6) is 0 Å². The van der Waals surface area contributed by atoms with Crippen LogP contribution in [0.2, 0.25) is 0 Å². The standard InChI is InChI=1S/C12H22N2O2/c1-2-14-7-3-5-10(14)9-13-12(15)11-6-4-8-16-11/h10-11H,2-9H2,1H3,(H,13,15)/t10-,11-/m1/s1. The molecule has 0 spiro atoms. The van der Waals surface area contributed by atoms with Crippen molar-refractivity contribution in [2.75, 3.05) is 26.2 Å². The van der Waals surface area contributed by atoms with E-state index in [1.54, 1.807) is 0 Å². The molecule has 92 valence electrons. The summed E-state index contributed by atoms with van der Waals surface area (Å²) in [5.74, 6) is 0.0838. The topological polar surface area (TPSA) is 41.6 Å². The fourth-order valence-electron chi connectivity index (χ4n) is 2.66. The Kier molecular flexibility index (Phi) is 4.18. The van der Waals surface area contributed by atoms with Crippen LogP contribution in [0.1, 0.15) is 32.6 Å². The first-order valence-corrected chi connectivity index (χ1v) is 6.44. The van der Waals surface area contributed by atoms with Gasteiger partial charge in [0.1, 0.15) is 6.10 Å². The van der Waals surface area contributed by atoms with Crippen LogP contribution >= 0.6 is 0 Å². The van der Waals surface area contributed by atoms with Crippen molar-refractivity contribution in [2.24, 2.45) is 0 Å². The van der Waals surface area contributed by atoms with Crippen molar-refractivity contribution >= 4 is 5.91 Å². The molecule has 0 bridgehead atoms. The molecule has 0 radical (unpaired) electrons. The zero-order valence-corrected chi connectivity index (χ0v) is 10.1. The number of likely N-dealkylation sites (N-methyl/N-ethyl adjacent to an activating group) is 1. The molecule has 4 heteroatoms. The molecular formula is C12H22N2O2. The number of hydrogen-bond donors (Lipinski definition) is 1. The average Bonchev–Trinajstić information content (AvgIpc) is 2.96. The van der Waals surface area contributed by atoms with Gasteiger partial charge in [-0.25, -0.2) is 0 Å². The maximum Gasteiger partial charge on any atom is 0.249 e. The number of amides is 1. The highest BCUT2D eigenvalue weighted by molar-refractivity contribution is 5.80. The number of nitrogens with zero attached hydrogens (tertiary/aromatic N) is 1. The van der Waals surface area contributed by atoms with Gasteiger partial charge in [0.15, 0.2) is 0 Å². The second-order valence-electron chi connectivity index (χ2n) is 4.67. The molecule has 2 aliphatic heterocycles. The second kappa shape index (κ2) is 5.64. The van der Waals surface area contributed by atoms with Crippen molar-refractivity contribution in [1.82, 2.24) is 10.2 Å². The lowest BCUT2D eigenvalue weighted by molar-refractivity contribution is -0.130. The maximum atomic E-state index is 11.7. The Labute approximate surface area is 97.3 Å². The van der Waals surface area contributed by atoms with E-state index in [0.717, 1.165) is 32.5 Å². The van der Waals surface area contributed by atoms with Gasteiger partial charge in [-0.3, -0.25) is 9.69 Å². The first-order valence-electron chi connectivity index (χ1n) is 6.44. The predicted molar refractivity (Wildman–Crippen MR) is 62.3 cm³/mol. The third-order valence-corrected chi connectivity index (χ3v) is 3.64. The largest absolute Gasteiger partial charge is 0.368 e. The highest BCUT2D eigenvalue weighted by Gasteiger charge is 2.26. The normalized spacial score (nSPS) is 30.8. The summed E-state index contributed by atoms with van der Waals surface area (Å²) in [4.78, 5) is 14.2. The molecule has 0 aromatic heterocycles. The summed E-state index contributed by atoms with van der Waals surface area (Å²) in [5, 5.41) is 3.03. The lowest BCUT2D eigenvalue weighted by Gasteiger charge is -2.23. The van der Waals surface area contributed by atoms with Gasteiger partial charge >= 0.3 is 0 Å². The first kappa shape index (κ1) is 11.9. The molecule has 1 N–H and O–H groups in total. The van der Waals surface area contributed by atoms with E-state index >= 15 is 0 Å². The first-order chi connectivity index (χ1) is 7.81. The fraction of sp³-hybridized carbons (Fsp3) is 0.917. The maximum absolute atomic E-state index is 11.7. The fourth-order valence-corrected chi connectivity index (χ4v) is 2.66. The van der Waals surface area contributed by atoms with Crippen LogP contribution in [0.25, 0.3) is 0 Å². The van der Waals surface area contributed by atoms with E-state index in [1.807, 2.05) is 0 Å². The van der Waals surface area contributed by atoms with Crippen LogP contribution in [-0.2, 0) is 9.53 Å². The van der Waals surface area contributed by atoms with E-state index in [4.69, 9.17) is 4.74 Å². The van der Waals surface area contributed by atoms with Gasteiger partial charge in [-0.15, -0.1) is 0 Å². The molecule has 2 rings (SSSR count). The van der Waals surface area contributed by atoms with Crippen molar-refractivity contribution < 1.29 is 9.53 Å². The average molecular weight is 226 g/mol. The second-order valence-corrected chi connectivity index (χ2v) is 4.67. The van der Waals surface area contributed by atoms with E-state index in [-0.39, 0.29) is 12.0 Å². The van der Waals surface area contributed by atoms with Gasteiger partial charge in [0, 0.05) is 19.2 Å². The van der Waals surface area contributed by atoms with Gasteiger partial charge in [-0.2, -0.15) is 0 Å². The molecule has 0 aromatic carbocycles. The Morgan fingerprint density at radius 2 is 2.31 bits per heavy atom. The lowest BCUT2D eigenvalue weighted by atomic mass is 10.2. The number of ether oxygens (including phenoxy) is 1. The van der Waals surface area contributed by atoms with E-state index in [0.29, 0.717) is 6.04 Å². The third-order valence-electron chi connectivity index (χ3n) is 3.64. The van der Waals surface area contributed by atoms with Crippen LogP contribution in [0.4, 0.5) is 0 Å². The molecule has 2 aliphatic rings. The summed E-state index contributed by atoms with van der Waals surface area (Å²) in [6.07, 6.45) is 4.18. The molecule has 0 aromatic rings.